The Morgan fingerprint density at radius 1 is 1.44 bits per heavy atom. The molecule has 0 aliphatic rings. The number of carbonyl (C=O) groups excluding carboxylic acids is 1. The smallest absolute Gasteiger partial charge is 0.257 e. The van der Waals surface area contributed by atoms with Gasteiger partial charge in [-0.15, -0.1) is 6.42 Å². The van der Waals surface area contributed by atoms with Crippen LogP contribution < -0.4 is 0 Å². The highest BCUT2D eigenvalue weighted by atomic mass is 16.5. The molecule has 4 heteroatoms. The van der Waals surface area contributed by atoms with Gasteiger partial charge in [-0.3, -0.25) is 4.79 Å². The summed E-state index contributed by atoms with van der Waals surface area (Å²) in [7, 11) is 1.45. The van der Waals surface area contributed by atoms with Crippen LogP contribution in [0.4, 0.5) is 0 Å². The van der Waals surface area contributed by atoms with Gasteiger partial charge < -0.3 is 9.64 Å². The van der Waals surface area contributed by atoms with E-state index in [1.54, 1.807) is 12.1 Å². The fourth-order valence-electron chi connectivity index (χ4n) is 1.58. The molecule has 0 radical (unpaired) electrons. The van der Waals surface area contributed by atoms with Crippen molar-refractivity contribution in [3.63, 3.8) is 0 Å². The van der Waals surface area contributed by atoms with E-state index in [2.05, 4.69) is 5.92 Å². The maximum atomic E-state index is 12.2. The van der Waals surface area contributed by atoms with Crippen LogP contribution in [0, 0.1) is 23.7 Å². The molecule has 0 saturated heterocycles. The first-order valence-electron chi connectivity index (χ1n) is 5.41. The minimum absolute atomic E-state index is 0.0459. The lowest BCUT2D eigenvalue weighted by Gasteiger charge is -2.22. The second kappa shape index (κ2) is 7.11. The number of ether oxygens (including phenoxy) is 1. The molecular formula is C14H14N2O2. The molecule has 1 atom stereocenters. The van der Waals surface area contributed by atoms with E-state index in [1.165, 1.54) is 12.0 Å². The van der Waals surface area contributed by atoms with Crippen molar-refractivity contribution >= 4 is 5.91 Å². The van der Waals surface area contributed by atoms with Gasteiger partial charge in [-0.05, 0) is 5.56 Å². The lowest BCUT2D eigenvalue weighted by atomic mass is 10.1. The molecular weight excluding hydrogens is 228 g/mol. The van der Waals surface area contributed by atoms with Crippen molar-refractivity contribution in [3.05, 3.63) is 35.9 Å². The quantitative estimate of drug-likeness (QED) is 0.578. The third kappa shape index (κ3) is 3.35. The standard InChI is InChI=1S/C14H14N2O2/c1-3-10-16(11-9-15)14(17)13(18-2)12-7-5-4-6-8-12/h1,4-8,13H,10-11H2,2H3. The molecule has 92 valence electrons. The maximum absolute atomic E-state index is 12.2. The summed E-state index contributed by atoms with van der Waals surface area (Å²) >= 11 is 0. The summed E-state index contributed by atoms with van der Waals surface area (Å²) in [4.78, 5) is 13.5. The molecule has 1 aromatic rings. The van der Waals surface area contributed by atoms with Gasteiger partial charge in [-0.25, -0.2) is 0 Å². The van der Waals surface area contributed by atoms with Crippen LogP contribution in [0.2, 0.25) is 0 Å². The molecule has 0 N–H and O–H groups in total. The van der Waals surface area contributed by atoms with Crippen LogP contribution in [0.1, 0.15) is 11.7 Å². The Labute approximate surface area is 107 Å². The van der Waals surface area contributed by atoms with Gasteiger partial charge in [0.1, 0.15) is 6.54 Å². The van der Waals surface area contributed by atoms with E-state index in [0.717, 1.165) is 5.56 Å². The molecule has 18 heavy (non-hydrogen) atoms. The van der Waals surface area contributed by atoms with Crippen molar-refractivity contribution in [1.29, 1.82) is 5.26 Å². The Morgan fingerprint density at radius 2 is 2.11 bits per heavy atom. The molecule has 0 saturated carbocycles. The predicted octanol–water partition coefficient (Wildman–Crippen LogP) is 1.36. The summed E-state index contributed by atoms with van der Waals surface area (Å²) in [5.41, 5.74) is 0.741. The normalized spacial score (nSPS) is 11.1. The lowest BCUT2D eigenvalue weighted by Crippen LogP contribution is -2.36. The Bertz CT molecular complexity index is 455. The van der Waals surface area contributed by atoms with Gasteiger partial charge in [-0.1, -0.05) is 36.3 Å². The van der Waals surface area contributed by atoms with Gasteiger partial charge in [0.25, 0.3) is 5.91 Å². The van der Waals surface area contributed by atoms with Crippen molar-refractivity contribution in [2.24, 2.45) is 0 Å². The summed E-state index contributed by atoms with van der Waals surface area (Å²) in [6.45, 7) is 0.0504. The number of carbonyl (C=O) groups is 1. The summed E-state index contributed by atoms with van der Waals surface area (Å²) in [5.74, 6) is 2.06. The number of terminal acetylenes is 1. The zero-order valence-electron chi connectivity index (χ0n) is 10.2. The molecule has 0 fully saturated rings. The molecule has 1 unspecified atom stereocenters. The van der Waals surface area contributed by atoms with Crippen LogP contribution in [-0.2, 0) is 9.53 Å². The highest BCUT2D eigenvalue weighted by Crippen LogP contribution is 2.18. The zero-order chi connectivity index (χ0) is 13.4. The third-order valence-electron chi connectivity index (χ3n) is 2.42. The van der Waals surface area contributed by atoms with E-state index in [-0.39, 0.29) is 19.0 Å². The Hall–Kier alpha value is -2.30. The molecule has 1 rings (SSSR count). The Balaban J connectivity index is 2.92. The van der Waals surface area contributed by atoms with Crippen molar-refractivity contribution in [1.82, 2.24) is 4.90 Å². The Kier molecular flexibility index (Phi) is 5.44. The number of nitriles is 1. The zero-order valence-corrected chi connectivity index (χ0v) is 10.2. The van der Waals surface area contributed by atoms with Gasteiger partial charge in [0.05, 0.1) is 12.6 Å². The van der Waals surface area contributed by atoms with Gasteiger partial charge in [0, 0.05) is 7.11 Å². The van der Waals surface area contributed by atoms with Crippen LogP contribution in [0.3, 0.4) is 0 Å². The van der Waals surface area contributed by atoms with E-state index >= 15 is 0 Å². The minimum Gasteiger partial charge on any atom is -0.367 e. The molecule has 0 bridgehead atoms. The van der Waals surface area contributed by atoms with Crippen LogP contribution in [0.15, 0.2) is 30.3 Å². The van der Waals surface area contributed by atoms with Crippen molar-refractivity contribution < 1.29 is 9.53 Å². The van der Waals surface area contributed by atoms with E-state index in [0.29, 0.717) is 0 Å². The SMILES string of the molecule is C#CCN(CC#N)C(=O)C(OC)c1ccccc1. The molecule has 1 amide bonds. The molecule has 0 aromatic heterocycles. The first-order chi connectivity index (χ1) is 8.74. The van der Waals surface area contributed by atoms with Gasteiger partial charge in [0.15, 0.2) is 6.10 Å². The van der Waals surface area contributed by atoms with Crippen LogP contribution in [0.5, 0.6) is 0 Å². The molecule has 0 aliphatic carbocycles. The van der Waals surface area contributed by atoms with Crippen molar-refractivity contribution in [3.8, 4) is 18.4 Å². The summed E-state index contributed by atoms with van der Waals surface area (Å²) in [5, 5.41) is 8.68. The number of amides is 1. The number of hydrogen-bond acceptors (Lipinski definition) is 3. The first kappa shape index (κ1) is 13.8. The summed E-state index contributed by atoms with van der Waals surface area (Å²) < 4.78 is 5.20. The van der Waals surface area contributed by atoms with E-state index < -0.39 is 6.10 Å². The second-order valence-corrected chi connectivity index (χ2v) is 3.58. The number of hydrogen-bond donors (Lipinski definition) is 0. The Morgan fingerprint density at radius 3 is 2.61 bits per heavy atom. The van der Waals surface area contributed by atoms with Crippen LogP contribution >= 0.6 is 0 Å². The monoisotopic (exact) mass is 242 g/mol. The van der Waals surface area contributed by atoms with Crippen LogP contribution in [-0.4, -0.2) is 31.0 Å². The molecule has 0 heterocycles. The third-order valence-corrected chi connectivity index (χ3v) is 2.42. The lowest BCUT2D eigenvalue weighted by molar-refractivity contribution is -0.141. The van der Waals surface area contributed by atoms with Gasteiger partial charge >= 0.3 is 0 Å². The largest absolute Gasteiger partial charge is 0.367 e. The number of benzene rings is 1. The average Bonchev–Trinajstić information content (AvgIpc) is 2.40. The van der Waals surface area contributed by atoms with Gasteiger partial charge in [-0.2, -0.15) is 5.26 Å². The molecule has 0 aliphatic heterocycles. The topological polar surface area (TPSA) is 53.3 Å². The summed E-state index contributed by atoms with van der Waals surface area (Å²) in [6, 6.07) is 11.0. The molecule has 1 aromatic carbocycles. The number of nitrogens with zero attached hydrogens (tertiary/aromatic N) is 2. The number of methoxy groups -OCH3 is 1. The fourth-order valence-corrected chi connectivity index (χ4v) is 1.58. The first-order valence-corrected chi connectivity index (χ1v) is 5.41. The van der Waals surface area contributed by atoms with E-state index in [4.69, 9.17) is 16.4 Å². The highest BCUT2D eigenvalue weighted by molar-refractivity contribution is 5.82. The van der Waals surface area contributed by atoms with Crippen LogP contribution in [0.25, 0.3) is 0 Å². The molecule has 4 nitrogen and oxygen atoms in total. The van der Waals surface area contributed by atoms with Gasteiger partial charge in [0.2, 0.25) is 0 Å². The molecule has 0 spiro atoms. The second-order valence-electron chi connectivity index (χ2n) is 3.58. The highest BCUT2D eigenvalue weighted by Gasteiger charge is 2.24. The minimum atomic E-state index is -0.729. The van der Waals surface area contributed by atoms with E-state index in [9.17, 15) is 4.79 Å². The summed E-state index contributed by atoms with van der Waals surface area (Å²) in [6.07, 6.45) is 4.45. The predicted molar refractivity (Wildman–Crippen MR) is 67.2 cm³/mol. The van der Waals surface area contributed by atoms with Crippen molar-refractivity contribution in [2.75, 3.05) is 20.2 Å². The average molecular weight is 242 g/mol. The maximum Gasteiger partial charge on any atom is 0.257 e. The van der Waals surface area contributed by atoms with E-state index in [1.807, 2.05) is 24.3 Å². The fraction of sp³-hybridized carbons (Fsp3) is 0.286. The number of rotatable bonds is 5. The van der Waals surface area contributed by atoms with Crippen molar-refractivity contribution in [2.45, 2.75) is 6.10 Å².